The lowest BCUT2D eigenvalue weighted by Crippen LogP contribution is -2.48. The van der Waals surface area contributed by atoms with Crippen molar-refractivity contribution in [3.63, 3.8) is 0 Å². The summed E-state index contributed by atoms with van der Waals surface area (Å²) in [6.45, 7) is 5.49. The zero-order valence-corrected chi connectivity index (χ0v) is 17.7. The number of methoxy groups -OCH3 is 1. The Kier molecular flexibility index (Phi) is 6.22. The van der Waals surface area contributed by atoms with Crippen LogP contribution in [0.2, 0.25) is 5.02 Å². The maximum atomic E-state index is 13.5. The molecule has 1 saturated carbocycles. The molecule has 0 spiro atoms. The van der Waals surface area contributed by atoms with Crippen LogP contribution in [0.3, 0.4) is 0 Å². The molecule has 1 heterocycles. The second-order valence-corrected chi connectivity index (χ2v) is 7.79. The number of rotatable bonds is 4. The van der Waals surface area contributed by atoms with E-state index in [1.54, 1.807) is 38.1 Å². The highest BCUT2D eigenvalue weighted by molar-refractivity contribution is 6.31. The van der Waals surface area contributed by atoms with Crippen LogP contribution in [0, 0.1) is 17.8 Å². The monoisotopic (exact) mass is 417 g/mol. The third-order valence-electron chi connectivity index (χ3n) is 5.61. The Balaban J connectivity index is 2.20. The highest BCUT2D eigenvalue weighted by Gasteiger charge is 2.51. The van der Waals surface area contributed by atoms with Gasteiger partial charge in [-0.2, -0.15) is 0 Å². The van der Waals surface area contributed by atoms with Crippen molar-refractivity contribution in [2.45, 2.75) is 33.1 Å². The van der Waals surface area contributed by atoms with Crippen LogP contribution in [0.5, 0.6) is 0 Å². The lowest BCUT2D eigenvalue weighted by Gasteiger charge is -2.40. The van der Waals surface area contributed by atoms with Crippen LogP contribution in [-0.2, 0) is 23.9 Å². The predicted molar refractivity (Wildman–Crippen MR) is 109 cm³/mol. The average molecular weight is 418 g/mol. The molecule has 4 atom stereocenters. The minimum Gasteiger partial charge on any atom is -0.468 e. The van der Waals surface area contributed by atoms with Crippen LogP contribution < -0.4 is 0 Å². The summed E-state index contributed by atoms with van der Waals surface area (Å²) >= 11 is 6.47. The number of aliphatic imine (C=N–C) groups is 1. The highest BCUT2D eigenvalue weighted by atomic mass is 35.5. The van der Waals surface area contributed by atoms with E-state index in [0.29, 0.717) is 34.0 Å². The number of Topliss-reactive ketones (excluding diaryl/α,β-unsaturated/α-hetero) is 1. The number of hydrogen-bond donors (Lipinski definition) is 0. The molecule has 0 saturated heterocycles. The van der Waals surface area contributed by atoms with Crippen molar-refractivity contribution in [3.8, 4) is 0 Å². The molecule has 0 amide bonds. The normalized spacial score (nSPS) is 26.5. The molecule has 29 heavy (non-hydrogen) atoms. The number of carbonyl (C=O) groups excluding carboxylic acids is 3. The lowest BCUT2D eigenvalue weighted by molar-refractivity contribution is -0.152. The summed E-state index contributed by atoms with van der Waals surface area (Å²) in [6.07, 6.45) is 0.463. The van der Waals surface area contributed by atoms with Crippen molar-refractivity contribution in [2.24, 2.45) is 22.7 Å². The molecule has 1 aliphatic carbocycles. The van der Waals surface area contributed by atoms with Crippen molar-refractivity contribution in [2.75, 3.05) is 13.7 Å². The molecule has 154 valence electrons. The van der Waals surface area contributed by atoms with Gasteiger partial charge in [-0.1, -0.05) is 36.7 Å². The van der Waals surface area contributed by atoms with E-state index >= 15 is 0 Å². The van der Waals surface area contributed by atoms with E-state index in [1.807, 2.05) is 6.92 Å². The summed E-state index contributed by atoms with van der Waals surface area (Å²) < 4.78 is 10.1. The number of benzene rings is 1. The van der Waals surface area contributed by atoms with E-state index < -0.39 is 29.7 Å². The lowest BCUT2D eigenvalue weighted by atomic mass is 9.63. The zero-order chi connectivity index (χ0) is 21.3. The van der Waals surface area contributed by atoms with E-state index in [0.717, 1.165) is 0 Å². The standard InChI is InChI=1S/C22H24ClNO5/c1-5-29-22(27)17-12(3)24-15-10-11(2)16(21(26)28-4)20(25)19(15)18(17)13-8-6-7-9-14(13)23/h6-9,11,16,18-19H,5,10H2,1-4H3/t11-,16+,18+,19+/m1/s1. The molecular weight excluding hydrogens is 394 g/mol. The Hall–Kier alpha value is -2.47. The largest absolute Gasteiger partial charge is 0.468 e. The number of hydrogen-bond acceptors (Lipinski definition) is 6. The van der Waals surface area contributed by atoms with Gasteiger partial charge in [0.2, 0.25) is 0 Å². The Morgan fingerprint density at radius 3 is 2.55 bits per heavy atom. The van der Waals surface area contributed by atoms with E-state index in [9.17, 15) is 14.4 Å². The van der Waals surface area contributed by atoms with Gasteiger partial charge in [0, 0.05) is 22.3 Å². The van der Waals surface area contributed by atoms with Crippen LogP contribution in [0.15, 0.2) is 40.5 Å². The van der Waals surface area contributed by atoms with E-state index in [2.05, 4.69) is 4.99 Å². The smallest absolute Gasteiger partial charge is 0.336 e. The first-order valence-corrected chi connectivity index (χ1v) is 10.0. The second kappa shape index (κ2) is 8.49. The summed E-state index contributed by atoms with van der Waals surface area (Å²) in [5.41, 5.74) is 2.12. The Bertz CT molecular complexity index is 920. The van der Waals surface area contributed by atoms with Crippen LogP contribution in [0.25, 0.3) is 0 Å². The number of allylic oxidation sites excluding steroid dienone is 1. The molecule has 0 unspecified atom stereocenters. The summed E-state index contributed by atoms with van der Waals surface area (Å²) in [4.78, 5) is 43.3. The number of esters is 2. The van der Waals surface area contributed by atoms with E-state index in [1.165, 1.54) is 7.11 Å². The fourth-order valence-corrected chi connectivity index (χ4v) is 4.63. The molecule has 0 radical (unpaired) electrons. The van der Waals surface area contributed by atoms with Gasteiger partial charge in [-0.15, -0.1) is 0 Å². The molecule has 1 aliphatic heterocycles. The first-order chi connectivity index (χ1) is 13.8. The number of ketones is 1. The first kappa shape index (κ1) is 21.2. The molecular formula is C22H24ClNO5. The van der Waals surface area contributed by atoms with Crippen LogP contribution in [0.1, 0.15) is 38.7 Å². The van der Waals surface area contributed by atoms with Gasteiger partial charge in [-0.25, -0.2) is 4.79 Å². The average Bonchev–Trinajstić information content (AvgIpc) is 2.67. The van der Waals surface area contributed by atoms with E-state index in [-0.39, 0.29) is 18.3 Å². The molecule has 0 N–H and O–H groups in total. The van der Waals surface area contributed by atoms with Gasteiger partial charge in [0.1, 0.15) is 5.92 Å². The molecule has 0 bridgehead atoms. The topological polar surface area (TPSA) is 82.0 Å². The van der Waals surface area contributed by atoms with Crippen molar-refractivity contribution >= 4 is 35.0 Å². The summed E-state index contributed by atoms with van der Waals surface area (Å²) in [7, 11) is 1.27. The van der Waals surface area contributed by atoms with Crippen molar-refractivity contribution in [1.29, 1.82) is 0 Å². The quantitative estimate of drug-likeness (QED) is 0.550. The molecule has 3 rings (SSSR count). The molecule has 1 aromatic rings. The van der Waals surface area contributed by atoms with Crippen LogP contribution in [-0.4, -0.2) is 37.2 Å². The van der Waals surface area contributed by atoms with Crippen molar-refractivity contribution in [1.82, 2.24) is 0 Å². The number of nitrogens with zero attached hydrogens (tertiary/aromatic N) is 1. The summed E-state index contributed by atoms with van der Waals surface area (Å²) in [5, 5.41) is 0.439. The number of halogens is 1. The third kappa shape index (κ3) is 3.73. The van der Waals surface area contributed by atoms with Crippen LogP contribution in [0.4, 0.5) is 0 Å². The van der Waals surface area contributed by atoms with Crippen molar-refractivity contribution in [3.05, 3.63) is 46.1 Å². The maximum Gasteiger partial charge on any atom is 0.336 e. The Morgan fingerprint density at radius 2 is 1.93 bits per heavy atom. The molecule has 1 fully saturated rings. The maximum absolute atomic E-state index is 13.5. The SMILES string of the molecule is CCOC(=O)C1=C(C)N=C2C[C@@H](C)[C@H](C(=O)OC)C(=O)[C@@H]2[C@H]1c1ccccc1Cl. The molecule has 0 aromatic heterocycles. The van der Waals surface area contributed by atoms with Gasteiger partial charge in [0.05, 0.1) is 25.2 Å². The van der Waals surface area contributed by atoms with Crippen molar-refractivity contribution < 1.29 is 23.9 Å². The zero-order valence-electron chi connectivity index (χ0n) is 16.9. The van der Waals surface area contributed by atoms with Gasteiger partial charge >= 0.3 is 11.9 Å². The minimum absolute atomic E-state index is 0.196. The molecule has 1 aromatic carbocycles. The molecule has 2 aliphatic rings. The van der Waals surface area contributed by atoms with Gasteiger partial charge in [0.25, 0.3) is 0 Å². The van der Waals surface area contributed by atoms with Gasteiger partial charge in [0.15, 0.2) is 5.78 Å². The first-order valence-electron chi connectivity index (χ1n) is 9.63. The summed E-state index contributed by atoms with van der Waals surface area (Å²) in [5.74, 6) is -3.97. The highest BCUT2D eigenvalue weighted by Crippen LogP contribution is 2.47. The van der Waals surface area contributed by atoms with Gasteiger partial charge < -0.3 is 9.47 Å². The Labute approximate surface area is 174 Å². The number of fused-ring (bicyclic) bond motifs is 1. The minimum atomic E-state index is -0.907. The second-order valence-electron chi connectivity index (χ2n) is 7.38. The fraction of sp³-hybridized carbons (Fsp3) is 0.455. The van der Waals surface area contributed by atoms with Gasteiger partial charge in [-0.05, 0) is 37.8 Å². The number of ether oxygens (including phenoxy) is 2. The number of carbonyl (C=O) groups is 3. The van der Waals surface area contributed by atoms with E-state index in [4.69, 9.17) is 21.1 Å². The summed E-state index contributed by atoms with van der Waals surface area (Å²) in [6, 6.07) is 7.10. The molecule has 7 heteroatoms. The third-order valence-corrected chi connectivity index (χ3v) is 5.95. The fourth-order valence-electron chi connectivity index (χ4n) is 4.37. The molecule has 6 nitrogen and oxygen atoms in total. The van der Waals surface area contributed by atoms with Crippen LogP contribution >= 0.6 is 11.6 Å². The Morgan fingerprint density at radius 1 is 1.24 bits per heavy atom. The predicted octanol–water partition coefficient (Wildman–Crippen LogP) is 3.73. The van der Waals surface area contributed by atoms with Gasteiger partial charge in [-0.3, -0.25) is 14.6 Å².